The summed E-state index contributed by atoms with van der Waals surface area (Å²) in [5, 5.41) is 18.1. The average molecular weight is 214 g/mol. The van der Waals surface area contributed by atoms with E-state index in [0.29, 0.717) is 11.1 Å². The molecule has 16 heavy (non-hydrogen) atoms. The third-order valence-electron chi connectivity index (χ3n) is 3.57. The van der Waals surface area contributed by atoms with E-state index in [1.807, 2.05) is 24.3 Å². The van der Waals surface area contributed by atoms with Crippen molar-refractivity contribution in [2.45, 2.75) is 6.92 Å². The van der Waals surface area contributed by atoms with E-state index in [1.54, 1.807) is 6.92 Å². The van der Waals surface area contributed by atoms with E-state index in [9.17, 15) is 4.79 Å². The van der Waals surface area contributed by atoms with E-state index in [2.05, 4.69) is 0 Å². The van der Waals surface area contributed by atoms with Crippen molar-refractivity contribution in [3.8, 4) is 12.1 Å². The molecule has 0 saturated carbocycles. The summed E-state index contributed by atoms with van der Waals surface area (Å²) < 4.78 is 4.78. The van der Waals surface area contributed by atoms with Crippen molar-refractivity contribution in [1.82, 2.24) is 0 Å². The van der Waals surface area contributed by atoms with Gasteiger partial charge in [0.15, 0.2) is 0 Å². The zero-order chi connectivity index (χ0) is 11.9. The highest BCUT2D eigenvalue weighted by Crippen LogP contribution is 2.56. The maximum Gasteiger partial charge on any atom is 0.313 e. The molecule has 4 nitrogen and oxygen atoms in total. The van der Waals surface area contributed by atoms with E-state index in [4.69, 9.17) is 15.3 Å². The van der Waals surface area contributed by atoms with E-state index in [-0.39, 0.29) is 17.8 Å². The van der Waals surface area contributed by atoms with Crippen molar-refractivity contribution in [3.05, 3.63) is 23.3 Å². The summed E-state index contributed by atoms with van der Waals surface area (Å²) in [5.41, 5.74) is -0.00368. The standard InChI is InChI=1S/C12H10N2O2/c1-12(11(15)16-2)9-3-4-10(12)8(6-14)7(9)5-13/h3-4,9-10H,1-2H3. The van der Waals surface area contributed by atoms with Crippen LogP contribution in [0.4, 0.5) is 0 Å². The van der Waals surface area contributed by atoms with Crippen LogP contribution in [0.15, 0.2) is 23.3 Å². The number of carbonyl (C=O) groups is 1. The number of hydrogen-bond acceptors (Lipinski definition) is 4. The number of hydrogen-bond donors (Lipinski definition) is 0. The van der Waals surface area contributed by atoms with Crippen LogP contribution in [-0.2, 0) is 9.53 Å². The quantitative estimate of drug-likeness (QED) is 0.487. The van der Waals surface area contributed by atoms with Crippen LogP contribution in [0.2, 0.25) is 0 Å². The normalized spacial score (nSPS) is 34.8. The molecule has 0 aliphatic heterocycles. The fourth-order valence-electron chi connectivity index (χ4n) is 2.68. The molecule has 0 aromatic heterocycles. The lowest BCUT2D eigenvalue weighted by Crippen LogP contribution is -2.35. The summed E-state index contributed by atoms with van der Waals surface area (Å²) in [7, 11) is 1.32. The molecule has 2 rings (SSSR count). The molecule has 0 aromatic carbocycles. The number of nitrogens with zero attached hydrogens (tertiary/aromatic N) is 2. The van der Waals surface area contributed by atoms with Crippen molar-refractivity contribution >= 4 is 5.97 Å². The van der Waals surface area contributed by atoms with Crippen molar-refractivity contribution < 1.29 is 9.53 Å². The fourth-order valence-corrected chi connectivity index (χ4v) is 2.68. The van der Waals surface area contributed by atoms with Crippen molar-refractivity contribution in [2.24, 2.45) is 17.3 Å². The number of rotatable bonds is 1. The zero-order valence-electron chi connectivity index (χ0n) is 9.02. The van der Waals surface area contributed by atoms with Crippen LogP contribution in [0.1, 0.15) is 6.92 Å². The number of esters is 1. The second-order valence-corrected chi connectivity index (χ2v) is 4.17. The second kappa shape index (κ2) is 3.21. The number of methoxy groups -OCH3 is 1. The first kappa shape index (κ1) is 10.4. The van der Waals surface area contributed by atoms with E-state index in [0.717, 1.165) is 0 Å². The molecule has 0 heterocycles. The molecular formula is C12H10N2O2. The third kappa shape index (κ3) is 0.940. The first-order valence-corrected chi connectivity index (χ1v) is 4.92. The lowest BCUT2D eigenvalue weighted by Gasteiger charge is -2.27. The molecule has 2 aliphatic rings. The third-order valence-corrected chi connectivity index (χ3v) is 3.57. The molecule has 0 radical (unpaired) electrons. The van der Waals surface area contributed by atoms with E-state index in [1.165, 1.54) is 7.11 Å². The Bertz CT molecular complexity index is 468. The fraction of sp³-hybridized carbons (Fsp3) is 0.417. The Balaban J connectivity index is 2.53. The van der Waals surface area contributed by atoms with Crippen LogP contribution in [0.3, 0.4) is 0 Å². The molecule has 0 amide bonds. The minimum atomic E-state index is -0.815. The zero-order valence-corrected chi connectivity index (χ0v) is 9.02. The molecule has 0 aromatic rings. The molecule has 0 spiro atoms. The SMILES string of the molecule is COC(=O)C1(C)C2C=CC1C(C#N)=C2C#N. The Hall–Kier alpha value is -2.07. The first-order valence-electron chi connectivity index (χ1n) is 4.92. The Morgan fingerprint density at radius 2 is 1.75 bits per heavy atom. The summed E-state index contributed by atoms with van der Waals surface area (Å²) in [5.74, 6) is -1.00. The van der Waals surface area contributed by atoms with Crippen molar-refractivity contribution in [1.29, 1.82) is 10.5 Å². The summed E-state index contributed by atoms with van der Waals surface area (Å²) >= 11 is 0. The highest BCUT2D eigenvalue weighted by molar-refractivity contribution is 5.83. The molecule has 0 saturated heterocycles. The van der Waals surface area contributed by atoms with Gasteiger partial charge in [0.1, 0.15) is 0 Å². The van der Waals surface area contributed by atoms with Gasteiger partial charge in [-0.05, 0) is 6.92 Å². The van der Waals surface area contributed by atoms with E-state index < -0.39 is 5.41 Å². The minimum Gasteiger partial charge on any atom is -0.469 e. The van der Waals surface area contributed by atoms with Gasteiger partial charge in [-0.3, -0.25) is 4.79 Å². The molecule has 2 bridgehead atoms. The van der Waals surface area contributed by atoms with E-state index >= 15 is 0 Å². The summed E-state index contributed by atoms with van der Waals surface area (Å²) in [6.07, 6.45) is 3.64. The van der Waals surface area contributed by atoms with Gasteiger partial charge < -0.3 is 4.74 Å². The van der Waals surface area contributed by atoms with Crippen LogP contribution in [0.25, 0.3) is 0 Å². The van der Waals surface area contributed by atoms with Gasteiger partial charge in [-0.15, -0.1) is 0 Å². The summed E-state index contributed by atoms with van der Waals surface area (Å²) in [4.78, 5) is 11.8. The van der Waals surface area contributed by atoms with Crippen LogP contribution >= 0.6 is 0 Å². The first-order chi connectivity index (χ1) is 7.61. The number of allylic oxidation sites excluding steroid dienone is 4. The van der Waals surface area contributed by atoms with Crippen molar-refractivity contribution in [3.63, 3.8) is 0 Å². The number of nitriles is 2. The molecule has 0 fully saturated rings. The van der Waals surface area contributed by atoms with Crippen LogP contribution in [0.5, 0.6) is 0 Å². The maximum absolute atomic E-state index is 11.8. The smallest absolute Gasteiger partial charge is 0.313 e. The molecule has 0 N–H and O–H groups in total. The molecular weight excluding hydrogens is 204 g/mol. The average Bonchev–Trinajstić information content (AvgIpc) is 2.77. The molecule has 80 valence electrons. The lowest BCUT2D eigenvalue weighted by atomic mass is 9.76. The predicted molar refractivity (Wildman–Crippen MR) is 54.5 cm³/mol. The monoisotopic (exact) mass is 214 g/mol. The van der Waals surface area contributed by atoms with Crippen LogP contribution < -0.4 is 0 Å². The predicted octanol–water partition coefficient (Wildman–Crippen LogP) is 1.33. The molecule has 2 atom stereocenters. The Morgan fingerprint density at radius 1 is 1.31 bits per heavy atom. The van der Waals surface area contributed by atoms with Gasteiger partial charge in [0.2, 0.25) is 0 Å². The van der Waals surface area contributed by atoms with Gasteiger partial charge in [-0.1, -0.05) is 12.2 Å². The highest BCUT2D eigenvalue weighted by Gasteiger charge is 2.58. The maximum atomic E-state index is 11.8. The number of carbonyl (C=O) groups excluding carboxylic acids is 1. The van der Waals surface area contributed by atoms with Crippen LogP contribution in [-0.4, -0.2) is 13.1 Å². The van der Waals surface area contributed by atoms with Gasteiger partial charge >= 0.3 is 5.97 Å². The van der Waals surface area contributed by atoms with Gasteiger partial charge in [0, 0.05) is 11.8 Å². The van der Waals surface area contributed by atoms with Gasteiger partial charge in [-0.25, -0.2) is 0 Å². The van der Waals surface area contributed by atoms with Crippen molar-refractivity contribution in [2.75, 3.05) is 7.11 Å². The van der Waals surface area contributed by atoms with Gasteiger partial charge in [-0.2, -0.15) is 10.5 Å². The second-order valence-electron chi connectivity index (χ2n) is 4.17. The number of fused-ring (bicyclic) bond motifs is 2. The Labute approximate surface area is 93.4 Å². The minimum absolute atomic E-state index is 0.315. The Kier molecular flexibility index (Phi) is 2.10. The lowest BCUT2D eigenvalue weighted by molar-refractivity contribution is -0.153. The molecule has 2 unspecified atom stereocenters. The molecule has 2 aliphatic carbocycles. The van der Waals surface area contributed by atoms with Gasteiger partial charge in [0.05, 0.1) is 35.8 Å². The van der Waals surface area contributed by atoms with Gasteiger partial charge in [0.25, 0.3) is 0 Å². The summed E-state index contributed by atoms with van der Waals surface area (Å²) in [6.45, 7) is 1.75. The largest absolute Gasteiger partial charge is 0.469 e. The summed E-state index contributed by atoms with van der Waals surface area (Å²) in [6, 6.07) is 4.06. The highest BCUT2D eigenvalue weighted by atomic mass is 16.5. The number of ether oxygens (including phenoxy) is 1. The topological polar surface area (TPSA) is 73.9 Å². The Morgan fingerprint density at radius 3 is 2.06 bits per heavy atom. The van der Waals surface area contributed by atoms with Crippen LogP contribution in [0, 0.1) is 39.9 Å². The molecule has 4 heteroatoms.